The summed E-state index contributed by atoms with van der Waals surface area (Å²) in [7, 11) is 0. The number of rotatable bonds is 8. The molecule has 3 aromatic carbocycles. The summed E-state index contributed by atoms with van der Waals surface area (Å²) in [4.78, 5) is 11.5. The smallest absolute Gasteiger partial charge is 0.139 e. The molecule has 39 heavy (non-hydrogen) atoms. The summed E-state index contributed by atoms with van der Waals surface area (Å²) in [5, 5.41) is 16.0. The van der Waals surface area contributed by atoms with E-state index in [-0.39, 0.29) is 16.4 Å². The molecule has 0 radical (unpaired) electrons. The lowest BCUT2D eigenvalue weighted by atomic mass is 9.62. The average molecular weight is 522 g/mol. The lowest BCUT2D eigenvalue weighted by Gasteiger charge is -2.42. The van der Waals surface area contributed by atoms with Gasteiger partial charge in [0.2, 0.25) is 0 Å². The Hall–Kier alpha value is -3.86. The summed E-state index contributed by atoms with van der Waals surface area (Å²) in [6, 6.07) is 19.9. The molecule has 0 atom stereocenters. The van der Waals surface area contributed by atoms with Crippen LogP contribution >= 0.6 is 0 Å². The summed E-state index contributed by atoms with van der Waals surface area (Å²) < 4.78 is 7.98. The fourth-order valence-corrected chi connectivity index (χ4v) is 5.72. The van der Waals surface area contributed by atoms with E-state index in [1.54, 1.807) is 6.07 Å². The van der Waals surface area contributed by atoms with Crippen molar-refractivity contribution in [1.29, 1.82) is 0 Å². The number of benzene rings is 3. The Balaban J connectivity index is 1.39. The molecule has 202 valence electrons. The van der Waals surface area contributed by atoms with Gasteiger partial charge in [0.15, 0.2) is 0 Å². The number of fused-ring (bicyclic) bond motifs is 1. The fourth-order valence-electron chi connectivity index (χ4n) is 5.72. The zero-order chi connectivity index (χ0) is 27.8. The summed E-state index contributed by atoms with van der Waals surface area (Å²) in [6.45, 7) is 12.1. The van der Waals surface area contributed by atoms with E-state index in [0.717, 1.165) is 24.9 Å². The third-order valence-corrected chi connectivity index (χ3v) is 8.32. The summed E-state index contributed by atoms with van der Waals surface area (Å²) in [6.07, 6.45) is 8.05. The Bertz CT molecular complexity index is 1480. The molecule has 5 nitrogen and oxygen atoms in total. The number of nitrogens with zero attached hydrogens (tertiary/aromatic N) is 2. The molecule has 0 bridgehead atoms. The summed E-state index contributed by atoms with van der Waals surface area (Å²) >= 11 is 0. The van der Waals surface area contributed by atoms with E-state index >= 15 is 0 Å². The van der Waals surface area contributed by atoms with E-state index in [4.69, 9.17) is 4.74 Å². The number of carboxylic acids is 1. The van der Waals surface area contributed by atoms with Gasteiger partial charge >= 0.3 is 0 Å². The van der Waals surface area contributed by atoms with Crippen LogP contribution in [0.4, 0.5) is 0 Å². The van der Waals surface area contributed by atoms with E-state index in [2.05, 4.69) is 57.1 Å². The Morgan fingerprint density at radius 1 is 0.923 bits per heavy atom. The molecule has 1 aromatic heterocycles. The molecule has 1 aliphatic rings. The van der Waals surface area contributed by atoms with Gasteiger partial charge in [-0.1, -0.05) is 64.1 Å². The van der Waals surface area contributed by atoms with E-state index in [1.807, 2.05) is 48.3 Å². The maximum atomic E-state index is 11.5. The fraction of sp³-hybridized carbons (Fsp3) is 0.353. The molecular weight excluding hydrogens is 484 g/mol. The first-order chi connectivity index (χ1) is 18.5. The van der Waals surface area contributed by atoms with Crippen LogP contribution in [0, 0.1) is 6.92 Å². The van der Waals surface area contributed by atoms with Crippen molar-refractivity contribution >= 4 is 5.97 Å². The standard InChI is InChI=1S/C34H38N2O3/c1-23-8-6-9-28(32(37)38)31(23)39-27-14-11-24(12-15-27)10-13-25-20-29-30(34(4,5)17-16-33(29,2)3)21-26(25)22-36-19-7-18-35-36/h6-9,11-12,14-15,18-21H,10,13,16-17,22H2,1-5H3,(H,37,38)/p-1. The van der Waals surface area contributed by atoms with Crippen LogP contribution in [0.5, 0.6) is 11.5 Å². The van der Waals surface area contributed by atoms with Crippen LogP contribution in [-0.4, -0.2) is 15.7 Å². The number of carboxylic acid groups (broad SMARTS) is 1. The highest BCUT2D eigenvalue weighted by atomic mass is 16.5. The molecule has 0 spiro atoms. The molecule has 4 aromatic rings. The number of hydrogen-bond donors (Lipinski definition) is 0. The van der Waals surface area contributed by atoms with Crippen LogP contribution in [0.3, 0.4) is 0 Å². The lowest BCUT2D eigenvalue weighted by Crippen LogP contribution is -2.34. The van der Waals surface area contributed by atoms with Gasteiger partial charge in [0.05, 0.1) is 12.5 Å². The van der Waals surface area contributed by atoms with Crippen LogP contribution in [0.15, 0.2) is 73.1 Å². The van der Waals surface area contributed by atoms with Gasteiger partial charge in [-0.2, -0.15) is 5.10 Å². The van der Waals surface area contributed by atoms with E-state index in [1.165, 1.54) is 46.7 Å². The maximum Gasteiger partial charge on any atom is 0.139 e. The highest BCUT2D eigenvalue weighted by Gasteiger charge is 2.37. The Kier molecular flexibility index (Phi) is 7.11. The molecular formula is C34H37N2O3-. The van der Waals surface area contributed by atoms with Crippen molar-refractivity contribution in [3.8, 4) is 11.5 Å². The van der Waals surface area contributed by atoms with Crippen LogP contribution in [0.1, 0.15) is 84.3 Å². The number of para-hydroxylation sites is 1. The number of aromatic carboxylic acids is 1. The number of hydrogen-bond acceptors (Lipinski definition) is 4. The number of aromatic nitrogens is 2. The Labute approximate surface area is 231 Å². The second-order valence-corrected chi connectivity index (χ2v) is 12.1. The SMILES string of the molecule is Cc1cccc(C(=O)[O-])c1Oc1ccc(CCc2cc3c(cc2Cn2cccn2)C(C)(C)CCC3(C)C)cc1. The van der Waals surface area contributed by atoms with Gasteiger partial charge in [0.1, 0.15) is 11.5 Å². The third kappa shape index (κ3) is 5.63. The minimum absolute atomic E-state index is 0.0577. The van der Waals surface area contributed by atoms with Crippen molar-refractivity contribution < 1.29 is 14.6 Å². The normalized spacial score (nSPS) is 15.5. The van der Waals surface area contributed by atoms with Crippen LogP contribution < -0.4 is 9.84 Å². The number of carbonyl (C=O) groups is 1. The number of carbonyl (C=O) groups excluding carboxylic acids is 1. The highest BCUT2D eigenvalue weighted by Crippen LogP contribution is 2.46. The lowest BCUT2D eigenvalue weighted by molar-refractivity contribution is -0.255. The van der Waals surface area contributed by atoms with Gasteiger partial charge in [-0.3, -0.25) is 4.68 Å². The quantitative estimate of drug-likeness (QED) is 0.264. The van der Waals surface area contributed by atoms with Gasteiger partial charge in [-0.05, 0) is 101 Å². The number of ether oxygens (including phenoxy) is 1. The third-order valence-electron chi connectivity index (χ3n) is 8.32. The van der Waals surface area contributed by atoms with Crippen LogP contribution in [0.25, 0.3) is 0 Å². The monoisotopic (exact) mass is 521 g/mol. The molecule has 0 amide bonds. The van der Waals surface area contributed by atoms with Gasteiger partial charge in [-0.25, -0.2) is 0 Å². The molecule has 5 heteroatoms. The van der Waals surface area contributed by atoms with Gasteiger partial charge in [0.25, 0.3) is 0 Å². The van der Waals surface area contributed by atoms with E-state index in [9.17, 15) is 9.90 Å². The summed E-state index contributed by atoms with van der Waals surface area (Å²) in [5.41, 5.74) is 7.98. The van der Waals surface area contributed by atoms with Crippen molar-refractivity contribution in [2.24, 2.45) is 0 Å². The average Bonchev–Trinajstić information content (AvgIpc) is 3.41. The van der Waals surface area contributed by atoms with Crippen molar-refractivity contribution in [3.63, 3.8) is 0 Å². The second-order valence-electron chi connectivity index (χ2n) is 12.1. The Morgan fingerprint density at radius 2 is 1.59 bits per heavy atom. The minimum Gasteiger partial charge on any atom is -0.545 e. The zero-order valence-electron chi connectivity index (χ0n) is 23.6. The molecule has 0 aliphatic heterocycles. The van der Waals surface area contributed by atoms with Crippen LogP contribution in [-0.2, 0) is 30.2 Å². The van der Waals surface area contributed by atoms with Crippen molar-refractivity contribution in [2.45, 2.75) is 77.7 Å². The number of aryl methyl sites for hydroxylation is 3. The molecule has 0 fully saturated rings. The van der Waals surface area contributed by atoms with Crippen LogP contribution in [0.2, 0.25) is 0 Å². The first-order valence-electron chi connectivity index (χ1n) is 13.8. The highest BCUT2D eigenvalue weighted by molar-refractivity contribution is 5.89. The van der Waals surface area contributed by atoms with E-state index < -0.39 is 5.97 Å². The Morgan fingerprint density at radius 3 is 2.21 bits per heavy atom. The summed E-state index contributed by atoms with van der Waals surface area (Å²) in [5.74, 6) is -0.311. The zero-order valence-corrected chi connectivity index (χ0v) is 23.6. The first-order valence-corrected chi connectivity index (χ1v) is 13.8. The molecule has 0 saturated carbocycles. The van der Waals surface area contributed by atoms with Crippen molar-refractivity contribution in [2.75, 3.05) is 0 Å². The van der Waals surface area contributed by atoms with Crippen molar-refractivity contribution in [1.82, 2.24) is 9.78 Å². The maximum absolute atomic E-state index is 11.5. The minimum atomic E-state index is -1.24. The molecule has 1 aliphatic carbocycles. The first kappa shape index (κ1) is 26.7. The molecule has 0 unspecified atom stereocenters. The molecule has 1 heterocycles. The van der Waals surface area contributed by atoms with E-state index in [0.29, 0.717) is 11.5 Å². The molecule has 5 rings (SSSR count). The van der Waals surface area contributed by atoms with Gasteiger partial charge in [-0.15, -0.1) is 0 Å². The predicted octanol–water partition coefficient (Wildman–Crippen LogP) is 6.53. The van der Waals surface area contributed by atoms with Crippen molar-refractivity contribution in [3.05, 3.63) is 112 Å². The predicted molar refractivity (Wildman–Crippen MR) is 152 cm³/mol. The molecule has 0 saturated heterocycles. The molecule has 0 N–H and O–H groups in total. The second kappa shape index (κ2) is 10.4. The van der Waals surface area contributed by atoms with Gasteiger partial charge in [0, 0.05) is 18.0 Å². The van der Waals surface area contributed by atoms with Gasteiger partial charge < -0.3 is 14.6 Å². The largest absolute Gasteiger partial charge is 0.545 e. The topological polar surface area (TPSA) is 67.2 Å².